The molecular formula is C18H20O4S. The second-order valence-electron chi connectivity index (χ2n) is 5.83. The maximum absolute atomic E-state index is 12.4. The highest BCUT2D eigenvalue weighted by molar-refractivity contribution is 7.86. The van der Waals surface area contributed by atoms with Gasteiger partial charge in [0, 0.05) is 6.42 Å². The third kappa shape index (κ3) is 3.41. The first-order valence-electron chi connectivity index (χ1n) is 7.64. The summed E-state index contributed by atoms with van der Waals surface area (Å²) in [6.45, 7) is 1.92. The molecule has 4 nitrogen and oxygen atoms in total. The van der Waals surface area contributed by atoms with Crippen molar-refractivity contribution in [2.75, 3.05) is 7.11 Å². The zero-order valence-electron chi connectivity index (χ0n) is 13.3. The molecule has 0 aromatic heterocycles. The lowest BCUT2D eigenvalue weighted by Crippen LogP contribution is -2.26. The summed E-state index contributed by atoms with van der Waals surface area (Å²) in [4.78, 5) is 0.203. The van der Waals surface area contributed by atoms with E-state index in [2.05, 4.69) is 6.07 Å². The molecular weight excluding hydrogens is 312 g/mol. The predicted octanol–water partition coefficient (Wildman–Crippen LogP) is 3.27. The molecule has 122 valence electrons. The molecule has 1 unspecified atom stereocenters. The Morgan fingerprint density at radius 2 is 1.83 bits per heavy atom. The summed E-state index contributed by atoms with van der Waals surface area (Å²) in [5, 5.41) is 0. The molecule has 0 saturated heterocycles. The highest BCUT2D eigenvalue weighted by Crippen LogP contribution is 2.32. The molecule has 1 aliphatic rings. The molecule has 0 saturated carbocycles. The Morgan fingerprint density at radius 1 is 1.09 bits per heavy atom. The highest BCUT2D eigenvalue weighted by Gasteiger charge is 2.27. The minimum absolute atomic E-state index is 0.203. The van der Waals surface area contributed by atoms with Crippen LogP contribution < -0.4 is 4.74 Å². The van der Waals surface area contributed by atoms with Crippen molar-refractivity contribution in [1.29, 1.82) is 0 Å². The van der Waals surface area contributed by atoms with Crippen LogP contribution in [0.3, 0.4) is 0 Å². The minimum atomic E-state index is -3.74. The Hall–Kier alpha value is -1.85. The van der Waals surface area contributed by atoms with Gasteiger partial charge in [-0.1, -0.05) is 29.8 Å². The number of aryl methyl sites for hydroxylation is 2. The van der Waals surface area contributed by atoms with E-state index in [4.69, 9.17) is 8.92 Å². The zero-order chi connectivity index (χ0) is 16.4. The minimum Gasteiger partial charge on any atom is -0.496 e. The molecule has 2 aromatic rings. The summed E-state index contributed by atoms with van der Waals surface area (Å²) >= 11 is 0. The average Bonchev–Trinajstić information content (AvgIpc) is 2.54. The lowest BCUT2D eigenvalue weighted by Gasteiger charge is -2.25. The van der Waals surface area contributed by atoms with E-state index >= 15 is 0 Å². The van der Waals surface area contributed by atoms with Crippen molar-refractivity contribution in [1.82, 2.24) is 0 Å². The summed E-state index contributed by atoms with van der Waals surface area (Å²) in [5.41, 5.74) is 3.27. The van der Waals surface area contributed by atoms with Gasteiger partial charge in [0.15, 0.2) is 0 Å². The maximum Gasteiger partial charge on any atom is 0.297 e. The van der Waals surface area contributed by atoms with Crippen LogP contribution in [0.15, 0.2) is 47.4 Å². The van der Waals surface area contributed by atoms with Crippen molar-refractivity contribution in [3.05, 3.63) is 59.2 Å². The molecule has 0 radical (unpaired) electrons. The number of methoxy groups -OCH3 is 1. The van der Waals surface area contributed by atoms with Gasteiger partial charge < -0.3 is 4.74 Å². The van der Waals surface area contributed by atoms with Gasteiger partial charge in [-0.3, -0.25) is 4.18 Å². The molecule has 0 amide bonds. The van der Waals surface area contributed by atoms with E-state index < -0.39 is 10.1 Å². The van der Waals surface area contributed by atoms with Crippen LogP contribution in [0.25, 0.3) is 0 Å². The van der Waals surface area contributed by atoms with Crippen LogP contribution in [-0.4, -0.2) is 21.6 Å². The van der Waals surface area contributed by atoms with Gasteiger partial charge in [0.1, 0.15) is 5.75 Å². The first kappa shape index (κ1) is 16.0. The fraction of sp³-hybridized carbons (Fsp3) is 0.333. The van der Waals surface area contributed by atoms with E-state index in [1.54, 1.807) is 31.4 Å². The molecule has 0 heterocycles. The summed E-state index contributed by atoms with van der Waals surface area (Å²) in [7, 11) is -2.11. The lowest BCUT2D eigenvalue weighted by molar-refractivity contribution is 0.190. The molecule has 23 heavy (non-hydrogen) atoms. The van der Waals surface area contributed by atoms with Crippen LogP contribution in [0, 0.1) is 6.92 Å². The second-order valence-corrected chi connectivity index (χ2v) is 7.40. The van der Waals surface area contributed by atoms with Crippen molar-refractivity contribution in [3.8, 4) is 5.75 Å². The SMILES string of the molecule is COc1cccc2c1CC(OS(=O)(=O)c1ccc(C)cc1)CC2. The molecule has 3 rings (SSSR count). The summed E-state index contributed by atoms with van der Waals surface area (Å²) in [5.74, 6) is 0.795. The van der Waals surface area contributed by atoms with E-state index in [9.17, 15) is 8.42 Å². The normalized spacial score (nSPS) is 17.6. The summed E-state index contributed by atoms with van der Waals surface area (Å²) in [6.07, 6.45) is 1.67. The summed E-state index contributed by atoms with van der Waals surface area (Å²) in [6, 6.07) is 12.6. The van der Waals surface area contributed by atoms with E-state index in [1.165, 1.54) is 5.56 Å². The largest absolute Gasteiger partial charge is 0.496 e. The van der Waals surface area contributed by atoms with Crippen LogP contribution in [0.1, 0.15) is 23.1 Å². The Kier molecular flexibility index (Phi) is 4.41. The molecule has 5 heteroatoms. The second kappa shape index (κ2) is 6.34. The number of fused-ring (bicyclic) bond motifs is 1. The van der Waals surface area contributed by atoms with Crippen LogP contribution in [0.4, 0.5) is 0 Å². The molecule has 0 fully saturated rings. The van der Waals surface area contributed by atoms with Gasteiger partial charge in [0.05, 0.1) is 18.1 Å². The van der Waals surface area contributed by atoms with Crippen molar-refractivity contribution < 1.29 is 17.3 Å². The Bertz CT molecular complexity index is 780. The first-order valence-corrected chi connectivity index (χ1v) is 9.05. The van der Waals surface area contributed by atoms with E-state index in [0.29, 0.717) is 12.8 Å². The summed E-state index contributed by atoms with van der Waals surface area (Å²) < 4.78 is 35.7. The Labute approximate surface area is 137 Å². The van der Waals surface area contributed by atoms with Crippen molar-refractivity contribution in [2.24, 2.45) is 0 Å². The zero-order valence-corrected chi connectivity index (χ0v) is 14.1. The van der Waals surface area contributed by atoms with Gasteiger partial charge in [-0.05, 0) is 49.1 Å². The van der Waals surface area contributed by atoms with Gasteiger partial charge in [0.25, 0.3) is 10.1 Å². The molecule has 1 atom stereocenters. The topological polar surface area (TPSA) is 52.6 Å². The molecule has 2 aromatic carbocycles. The number of ether oxygens (including phenoxy) is 1. The Balaban J connectivity index is 1.80. The van der Waals surface area contributed by atoms with Crippen LogP contribution in [0.5, 0.6) is 5.75 Å². The molecule has 0 aliphatic heterocycles. The monoisotopic (exact) mass is 332 g/mol. The Morgan fingerprint density at radius 3 is 2.52 bits per heavy atom. The number of hydrogen-bond donors (Lipinski definition) is 0. The molecule has 0 spiro atoms. The van der Waals surface area contributed by atoms with Crippen LogP contribution in [0.2, 0.25) is 0 Å². The predicted molar refractivity (Wildman–Crippen MR) is 88.3 cm³/mol. The quantitative estimate of drug-likeness (QED) is 0.807. The number of hydrogen-bond acceptors (Lipinski definition) is 4. The number of benzene rings is 2. The van der Waals surface area contributed by atoms with Gasteiger partial charge in [-0.25, -0.2) is 0 Å². The third-order valence-electron chi connectivity index (χ3n) is 4.19. The van der Waals surface area contributed by atoms with Crippen molar-refractivity contribution in [2.45, 2.75) is 37.2 Å². The van der Waals surface area contributed by atoms with E-state index in [-0.39, 0.29) is 11.0 Å². The first-order chi connectivity index (χ1) is 11.0. The smallest absolute Gasteiger partial charge is 0.297 e. The maximum atomic E-state index is 12.4. The van der Waals surface area contributed by atoms with Crippen molar-refractivity contribution in [3.63, 3.8) is 0 Å². The van der Waals surface area contributed by atoms with E-state index in [1.807, 2.05) is 19.1 Å². The standard InChI is InChI=1S/C18H20O4S/c1-13-6-10-16(11-7-13)23(19,20)22-15-9-8-14-4-3-5-18(21-2)17(14)12-15/h3-7,10-11,15H,8-9,12H2,1-2H3. The fourth-order valence-corrected chi connectivity index (χ4v) is 4.04. The third-order valence-corrected chi connectivity index (χ3v) is 5.56. The van der Waals surface area contributed by atoms with Crippen molar-refractivity contribution >= 4 is 10.1 Å². The fourth-order valence-electron chi connectivity index (χ4n) is 2.94. The molecule has 1 aliphatic carbocycles. The van der Waals surface area contributed by atoms with Gasteiger partial charge in [0.2, 0.25) is 0 Å². The lowest BCUT2D eigenvalue weighted by atomic mass is 9.89. The van der Waals surface area contributed by atoms with Crippen LogP contribution >= 0.6 is 0 Å². The number of rotatable bonds is 4. The highest BCUT2D eigenvalue weighted by atomic mass is 32.2. The van der Waals surface area contributed by atoms with Gasteiger partial charge >= 0.3 is 0 Å². The van der Waals surface area contributed by atoms with Crippen LogP contribution in [-0.2, 0) is 27.1 Å². The van der Waals surface area contributed by atoms with E-state index in [0.717, 1.165) is 23.3 Å². The molecule has 0 N–H and O–H groups in total. The molecule has 0 bridgehead atoms. The average molecular weight is 332 g/mol. The van der Waals surface area contributed by atoms with Gasteiger partial charge in [-0.15, -0.1) is 0 Å². The van der Waals surface area contributed by atoms with Gasteiger partial charge in [-0.2, -0.15) is 8.42 Å².